The van der Waals surface area contributed by atoms with Gasteiger partial charge in [-0.05, 0) is 68.0 Å². The van der Waals surface area contributed by atoms with Gasteiger partial charge in [-0.25, -0.2) is 4.98 Å². The summed E-state index contributed by atoms with van der Waals surface area (Å²) in [6.45, 7) is 4.57. The van der Waals surface area contributed by atoms with Gasteiger partial charge < -0.3 is 15.1 Å². The zero-order valence-electron chi connectivity index (χ0n) is 22.6. The fraction of sp³-hybridized carbons (Fsp3) is 0.250. The van der Waals surface area contributed by atoms with Crippen LogP contribution < -0.4 is 5.73 Å². The molecule has 0 radical (unpaired) electrons. The van der Waals surface area contributed by atoms with Crippen molar-refractivity contribution in [3.05, 3.63) is 112 Å². The maximum absolute atomic E-state index is 14.0. The molecule has 7 nitrogen and oxygen atoms in total. The summed E-state index contributed by atoms with van der Waals surface area (Å²) in [4.78, 5) is 20.6. The zero-order valence-corrected chi connectivity index (χ0v) is 23.4. The number of rotatable bonds is 7. The lowest BCUT2D eigenvalue weighted by atomic mass is 9.94. The van der Waals surface area contributed by atoms with Crippen LogP contribution in [0.4, 0.5) is 0 Å². The highest BCUT2D eigenvalue weighted by atomic mass is 32.1. The fourth-order valence-electron chi connectivity index (χ4n) is 5.30. The molecule has 1 aliphatic heterocycles. The van der Waals surface area contributed by atoms with Gasteiger partial charge >= 0.3 is 0 Å². The van der Waals surface area contributed by atoms with Crippen LogP contribution in [0, 0.1) is 6.92 Å². The molecule has 3 heterocycles. The Hall–Kier alpha value is -4.14. The molecule has 1 fully saturated rings. The van der Waals surface area contributed by atoms with Crippen LogP contribution in [0.25, 0.3) is 22.6 Å². The Bertz CT molecular complexity index is 1630. The van der Waals surface area contributed by atoms with E-state index in [4.69, 9.17) is 10.2 Å². The van der Waals surface area contributed by atoms with E-state index in [2.05, 4.69) is 15.2 Å². The molecule has 2 atom stereocenters. The number of thiazole rings is 1. The summed E-state index contributed by atoms with van der Waals surface area (Å²) in [5.74, 6) is 0.657. The number of aryl methyl sites for hydroxylation is 1. The van der Waals surface area contributed by atoms with Gasteiger partial charge in [0.05, 0.1) is 11.6 Å². The highest BCUT2D eigenvalue weighted by Crippen LogP contribution is 2.36. The van der Waals surface area contributed by atoms with Crippen LogP contribution in [0.5, 0.6) is 0 Å². The van der Waals surface area contributed by atoms with Crippen molar-refractivity contribution in [3.63, 3.8) is 0 Å². The van der Waals surface area contributed by atoms with Crippen LogP contribution >= 0.6 is 11.3 Å². The van der Waals surface area contributed by atoms with Crippen LogP contribution in [-0.2, 0) is 12.0 Å². The van der Waals surface area contributed by atoms with E-state index in [0.717, 1.165) is 40.2 Å². The summed E-state index contributed by atoms with van der Waals surface area (Å²) < 4.78 is 6.17. The molecule has 0 aliphatic carbocycles. The second kappa shape index (κ2) is 10.8. The standard InChI is InChI=1S/C32H31N5O2S/c1-21-20-40-29(34-21)27-14-9-15-37(27)30(38)26-17-24(23-12-7-4-8-13-23)16-25(18-26)28-35-36-31(39-28)32(2,33)19-22-10-5-3-6-11-22/h3-8,10-13,16-18,20,27H,9,14-15,19,33H2,1-2H3/t27-,32-/m1/s1. The molecule has 1 amide bonds. The third kappa shape index (κ3) is 5.33. The van der Waals surface area contributed by atoms with E-state index >= 15 is 0 Å². The molecule has 8 heteroatoms. The minimum atomic E-state index is -0.850. The second-order valence-corrected chi connectivity index (χ2v) is 11.5. The van der Waals surface area contributed by atoms with Gasteiger partial charge in [-0.3, -0.25) is 4.79 Å². The first-order valence-electron chi connectivity index (χ1n) is 13.5. The summed E-state index contributed by atoms with van der Waals surface area (Å²) in [6, 6.07) is 25.8. The Balaban J connectivity index is 1.36. The molecule has 2 aromatic heterocycles. The molecule has 3 aromatic carbocycles. The minimum Gasteiger partial charge on any atom is -0.419 e. The van der Waals surface area contributed by atoms with E-state index in [1.807, 2.05) is 103 Å². The number of carbonyl (C=O) groups is 1. The van der Waals surface area contributed by atoms with Gasteiger partial charge in [-0.2, -0.15) is 0 Å². The van der Waals surface area contributed by atoms with Crippen molar-refractivity contribution >= 4 is 17.2 Å². The summed E-state index contributed by atoms with van der Waals surface area (Å²) in [7, 11) is 0. The van der Waals surface area contributed by atoms with E-state index in [1.54, 1.807) is 11.3 Å². The first-order chi connectivity index (χ1) is 19.4. The number of likely N-dealkylation sites (tertiary alicyclic amines) is 1. The smallest absolute Gasteiger partial charge is 0.254 e. The van der Waals surface area contributed by atoms with Gasteiger partial charge in [0.2, 0.25) is 11.8 Å². The molecule has 202 valence electrons. The molecule has 0 unspecified atom stereocenters. The van der Waals surface area contributed by atoms with Gasteiger partial charge in [0.15, 0.2) is 0 Å². The average molecular weight is 550 g/mol. The molecule has 2 N–H and O–H groups in total. The number of nitrogens with two attached hydrogens (primary N) is 1. The van der Waals surface area contributed by atoms with Crippen LogP contribution in [0.1, 0.15) is 58.3 Å². The summed E-state index contributed by atoms with van der Waals surface area (Å²) in [6.07, 6.45) is 2.41. The third-order valence-electron chi connectivity index (χ3n) is 7.30. The van der Waals surface area contributed by atoms with Crippen LogP contribution in [0.3, 0.4) is 0 Å². The molecule has 40 heavy (non-hydrogen) atoms. The Labute approximate surface area is 237 Å². The topological polar surface area (TPSA) is 98.1 Å². The van der Waals surface area contributed by atoms with Crippen molar-refractivity contribution in [1.82, 2.24) is 20.1 Å². The van der Waals surface area contributed by atoms with E-state index in [9.17, 15) is 4.79 Å². The predicted octanol–water partition coefficient (Wildman–Crippen LogP) is 6.56. The molecular weight excluding hydrogens is 518 g/mol. The molecule has 1 saturated heterocycles. The Morgan fingerprint density at radius 3 is 2.48 bits per heavy atom. The van der Waals surface area contributed by atoms with Crippen molar-refractivity contribution in [2.24, 2.45) is 5.73 Å². The zero-order chi connectivity index (χ0) is 27.7. The normalized spacial score (nSPS) is 16.7. The summed E-state index contributed by atoms with van der Waals surface area (Å²) in [5.41, 5.74) is 11.0. The number of nitrogens with zero attached hydrogens (tertiary/aromatic N) is 4. The van der Waals surface area contributed by atoms with Crippen molar-refractivity contribution in [1.29, 1.82) is 0 Å². The largest absolute Gasteiger partial charge is 0.419 e. The maximum atomic E-state index is 14.0. The maximum Gasteiger partial charge on any atom is 0.254 e. The SMILES string of the molecule is Cc1csc([C@H]2CCCN2C(=O)c2cc(-c3ccccc3)cc(-c3nnc([C@](C)(N)Cc4ccccc4)o3)c2)n1. The number of benzene rings is 3. The Morgan fingerprint density at radius 1 is 1.02 bits per heavy atom. The minimum absolute atomic E-state index is 0.0130. The lowest BCUT2D eigenvalue weighted by molar-refractivity contribution is 0.0735. The lowest BCUT2D eigenvalue weighted by Gasteiger charge is -2.23. The number of hydrogen-bond acceptors (Lipinski definition) is 7. The second-order valence-electron chi connectivity index (χ2n) is 10.6. The van der Waals surface area contributed by atoms with E-state index in [-0.39, 0.29) is 11.9 Å². The number of hydrogen-bond donors (Lipinski definition) is 1. The molecule has 5 aromatic rings. The number of amides is 1. The lowest BCUT2D eigenvalue weighted by Crippen LogP contribution is -2.35. The molecule has 0 saturated carbocycles. The van der Waals surface area contributed by atoms with Crippen molar-refractivity contribution in [2.45, 2.75) is 44.7 Å². The first kappa shape index (κ1) is 26.1. The fourth-order valence-corrected chi connectivity index (χ4v) is 6.24. The average Bonchev–Trinajstić information content (AvgIpc) is 3.74. The van der Waals surface area contributed by atoms with Gasteiger partial charge in [-0.15, -0.1) is 21.5 Å². The van der Waals surface area contributed by atoms with Gasteiger partial charge in [0, 0.05) is 28.7 Å². The van der Waals surface area contributed by atoms with Crippen molar-refractivity contribution in [2.75, 3.05) is 6.54 Å². The summed E-state index contributed by atoms with van der Waals surface area (Å²) >= 11 is 1.62. The van der Waals surface area contributed by atoms with Crippen LogP contribution in [0.2, 0.25) is 0 Å². The predicted molar refractivity (Wildman–Crippen MR) is 157 cm³/mol. The molecular formula is C32H31N5O2S. The Morgan fingerprint density at radius 2 is 1.75 bits per heavy atom. The number of aromatic nitrogens is 3. The molecule has 0 bridgehead atoms. The third-order valence-corrected chi connectivity index (χ3v) is 8.36. The van der Waals surface area contributed by atoms with Crippen molar-refractivity contribution < 1.29 is 9.21 Å². The van der Waals surface area contributed by atoms with Crippen LogP contribution in [-0.4, -0.2) is 32.5 Å². The van der Waals surface area contributed by atoms with Gasteiger partial charge in [0.25, 0.3) is 5.91 Å². The van der Waals surface area contributed by atoms with E-state index in [1.165, 1.54) is 0 Å². The molecule has 6 rings (SSSR count). The molecule has 1 aliphatic rings. The van der Waals surface area contributed by atoms with Gasteiger partial charge in [-0.1, -0.05) is 60.7 Å². The Kier molecular flexibility index (Phi) is 7.04. The van der Waals surface area contributed by atoms with E-state index < -0.39 is 5.54 Å². The highest BCUT2D eigenvalue weighted by molar-refractivity contribution is 7.09. The quantitative estimate of drug-likeness (QED) is 0.247. The van der Waals surface area contributed by atoms with Gasteiger partial charge in [0.1, 0.15) is 5.01 Å². The summed E-state index contributed by atoms with van der Waals surface area (Å²) in [5, 5.41) is 11.7. The first-order valence-corrected chi connectivity index (χ1v) is 14.4. The number of carbonyl (C=O) groups excluding carboxylic acids is 1. The monoisotopic (exact) mass is 549 g/mol. The van der Waals surface area contributed by atoms with Crippen molar-refractivity contribution in [3.8, 4) is 22.6 Å². The highest BCUT2D eigenvalue weighted by Gasteiger charge is 2.33. The van der Waals surface area contributed by atoms with Crippen LogP contribution in [0.15, 0.2) is 88.7 Å². The van der Waals surface area contributed by atoms with E-state index in [0.29, 0.717) is 35.9 Å². The molecule has 0 spiro atoms.